The van der Waals surface area contributed by atoms with Gasteiger partial charge in [0.1, 0.15) is 17.3 Å². The van der Waals surface area contributed by atoms with E-state index in [9.17, 15) is 9.18 Å². The minimum absolute atomic E-state index is 0.00580. The lowest BCUT2D eigenvalue weighted by Gasteiger charge is -2.22. The maximum atomic E-state index is 13.1. The maximum absolute atomic E-state index is 13.1. The average Bonchev–Trinajstić information content (AvgIpc) is 2.89. The predicted octanol–water partition coefficient (Wildman–Crippen LogP) is 2.75. The maximum Gasteiger partial charge on any atom is 0.267 e. The minimum atomic E-state index is -0.641. The molecule has 5 nitrogen and oxygen atoms in total. The highest BCUT2D eigenvalue weighted by Crippen LogP contribution is 2.34. The Morgan fingerprint density at radius 3 is 2.70 bits per heavy atom. The second-order valence-electron chi connectivity index (χ2n) is 5.73. The Labute approximate surface area is 138 Å². The van der Waals surface area contributed by atoms with Crippen molar-refractivity contribution in [2.45, 2.75) is 25.3 Å². The normalized spacial score (nSPS) is 20.7. The molecule has 1 aliphatic rings. The molecule has 2 heterocycles. The van der Waals surface area contributed by atoms with Gasteiger partial charge in [0.2, 0.25) is 5.28 Å². The third-order valence-electron chi connectivity index (χ3n) is 4.15. The number of primary amides is 1. The Kier molecular flexibility index (Phi) is 4.17. The second kappa shape index (κ2) is 6.12. The number of nitrogens with two attached hydrogens (primary N) is 1. The molecule has 1 aromatic carbocycles. The van der Waals surface area contributed by atoms with Gasteiger partial charge in [-0.25, -0.2) is 14.4 Å². The lowest BCUT2D eigenvalue weighted by Crippen LogP contribution is -2.28. The summed E-state index contributed by atoms with van der Waals surface area (Å²) in [6, 6.07) is 8.30. The molecule has 7 heteroatoms. The van der Waals surface area contributed by atoms with Gasteiger partial charge in [0, 0.05) is 24.6 Å². The highest BCUT2D eigenvalue weighted by atomic mass is 35.5. The van der Waals surface area contributed by atoms with Gasteiger partial charge in [0.15, 0.2) is 0 Å². The fourth-order valence-corrected chi connectivity index (χ4v) is 3.18. The lowest BCUT2D eigenvalue weighted by atomic mass is 9.97. The first-order chi connectivity index (χ1) is 10.9. The van der Waals surface area contributed by atoms with Crippen LogP contribution in [0, 0.1) is 5.82 Å². The Balaban J connectivity index is 1.87. The summed E-state index contributed by atoms with van der Waals surface area (Å²) in [6.07, 6.45) is 0.902. The van der Waals surface area contributed by atoms with Crippen LogP contribution in [0.25, 0.3) is 0 Å². The Morgan fingerprint density at radius 2 is 2.04 bits per heavy atom. The summed E-state index contributed by atoms with van der Waals surface area (Å²) in [6.45, 7) is 2.78. The van der Waals surface area contributed by atoms with Crippen molar-refractivity contribution in [3.8, 4) is 0 Å². The summed E-state index contributed by atoms with van der Waals surface area (Å²) in [4.78, 5) is 21.4. The Bertz CT molecular complexity index is 737. The first kappa shape index (κ1) is 15.7. The van der Waals surface area contributed by atoms with Crippen LogP contribution < -0.4 is 10.6 Å². The summed E-state index contributed by atoms with van der Waals surface area (Å²) in [5.41, 5.74) is 6.45. The molecule has 0 bridgehead atoms. The minimum Gasteiger partial charge on any atom is -0.364 e. The van der Waals surface area contributed by atoms with Gasteiger partial charge in [-0.2, -0.15) is 0 Å². The number of rotatable bonds is 3. The van der Waals surface area contributed by atoms with E-state index in [2.05, 4.69) is 21.8 Å². The third kappa shape index (κ3) is 3.27. The van der Waals surface area contributed by atoms with E-state index in [1.54, 1.807) is 18.2 Å². The van der Waals surface area contributed by atoms with Crippen LogP contribution >= 0.6 is 11.6 Å². The molecule has 2 unspecified atom stereocenters. The summed E-state index contributed by atoms with van der Waals surface area (Å²) < 4.78 is 13.1. The van der Waals surface area contributed by atoms with Gasteiger partial charge in [-0.1, -0.05) is 12.1 Å². The van der Waals surface area contributed by atoms with E-state index >= 15 is 0 Å². The van der Waals surface area contributed by atoms with E-state index in [1.807, 2.05) is 0 Å². The zero-order chi connectivity index (χ0) is 16.6. The SMILES string of the molecule is CC1CC(c2ccc(F)cc2)CN1c1cc(C(N)=O)nc(Cl)n1. The number of nitrogens with zero attached hydrogens (tertiary/aromatic N) is 3. The van der Waals surface area contributed by atoms with Crippen molar-refractivity contribution in [1.29, 1.82) is 0 Å². The molecule has 1 fully saturated rings. The largest absolute Gasteiger partial charge is 0.364 e. The first-order valence-electron chi connectivity index (χ1n) is 7.30. The van der Waals surface area contributed by atoms with Crippen LogP contribution in [-0.4, -0.2) is 28.5 Å². The van der Waals surface area contributed by atoms with Crippen LogP contribution in [0.15, 0.2) is 30.3 Å². The van der Waals surface area contributed by atoms with Crippen LogP contribution in [0.1, 0.15) is 35.3 Å². The van der Waals surface area contributed by atoms with Crippen molar-refractivity contribution in [2.24, 2.45) is 5.73 Å². The fourth-order valence-electron chi connectivity index (χ4n) is 3.01. The van der Waals surface area contributed by atoms with E-state index in [1.165, 1.54) is 12.1 Å². The molecule has 0 radical (unpaired) electrons. The van der Waals surface area contributed by atoms with Crippen molar-refractivity contribution < 1.29 is 9.18 Å². The predicted molar refractivity (Wildman–Crippen MR) is 86.1 cm³/mol. The molecule has 1 saturated heterocycles. The summed E-state index contributed by atoms with van der Waals surface area (Å²) >= 11 is 5.89. The van der Waals surface area contributed by atoms with E-state index < -0.39 is 5.91 Å². The molecule has 23 heavy (non-hydrogen) atoms. The molecule has 2 atom stereocenters. The summed E-state index contributed by atoms with van der Waals surface area (Å²) in [5, 5.41) is -0.00580. The molecule has 3 rings (SSSR count). The van der Waals surface area contributed by atoms with Crippen molar-refractivity contribution in [2.75, 3.05) is 11.4 Å². The molecular weight excluding hydrogens is 319 g/mol. The molecular formula is C16H16ClFN4O. The van der Waals surface area contributed by atoms with Crippen LogP contribution in [0.5, 0.6) is 0 Å². The number of carbonyl (C=O) groups excluding carboxylic acids is 1. The van der Waals surface area contributed by atoms with Crippen molar-refractivity contribution in [3.05, 3.63) is 52.7 Å². The molecule has 0 saturated carbocycles. The van der Waals surface area contributed by atoms with Crippen LogP contribution in [0.4, 0.5) is 10.2 Å². The van der Waals surface area contributed by atoms with Gasteiger partial charge in [-0.15, -0.1) is 0 Å². The van der Waals surface area contributed by atoms with Gasteiger partial charge in [0.05, 0.1) is 0 Å². The Morgan fingerprint density at radius 1 is 1.35 bits per heavy atom. The number of hydrogen-bond donors (Lipinski definition) is 1. The molecule has 0 aliphatic carbocycles. The van der Waals surface area contributed by atoms with Crippen LogP contribution in [-0.2, 0) is 0 Å². The molecule has 1 amide bonds. The third-order valence-corrected chi connectivity index (χ3v) is 4.32. The molecule has 1 aliphatic heterocycles. The zero-order valence-electron chi connectivity index (χ0n) is 12.5. The molecule has 120 valence electrons. The number of halogens is 2. The Hall–Kier alpha value is -2.21. The van der Waals surface area contributed by atoms with Gasteiger partial charge in [-0.05, 0) is 42.6 Å². The fraction of sp³-hybridized carbons (Fsp3) is 0.312. The number of carbonyl (C=O) groups is 1. The van der Waals surface area contributed by atoms with Gasteiger partial charge < -0.3 is 10.6 Å². The highest BCUT2D eigenvalue weighted by molar-refractivity contribution is 6.28. The quantitative estimate of drug-likeness (QED) is 0.876. The van der Waals surface area contributed by atoms with Crippen LogP contribution in [0.2, 0.25) is 5.28 Å². The van der Waals surface area contributed by atoms with E-state index in [4.69, 9.17) is 17.3 Å². The topological polar surface area (TPSA) is 72.1 Å². The van der Waals surface area contributed by atoms with Gasteiger partial charge in [-0.3, -0.25) is 4.79 Å². The van der Waals surface area contributed by atoms with Crippen molar-refractivity contribution >= 4 is 23.3 Å². The number of hydrogen-bond acceptors (Lipinski definition) is 4. The van der Waals surface area contributed by atoms with Crippen LogP contribution in [0.3, 0.4) is 0 Å². The first-order valence-corrected chi connectivity index (χ1v) is 7.68. The molecule has 2 N–H and O–H groups in total. The monoisotopic (exact) mass is 334 g/mol. The van der Waals surface area contributed by atoms with E-state index in [0.29, 0.717) is 12.4 Å². The van der Waals surface area contributed by atoms with Gasteiger partial charge in [0.25, 0.3) is 5.91 Å². The lowest BCUT2D eigenvalue weighted by molar-refractivity contribution is 0.0995. The van der Waals surface area contributed by atoms with E-state index in [0.717, 1.165) is 12.0 Å². The standard InChI is InChI=1S/C16H16ClFN4O/c1-9-6-11(10-2-4-12(18)5-3-10)8-22(9)14-7-13(15(19)23)20-16(17)21-14/h2-5,7,9,11H,6,8H2,1H3,(H2,19,23). The number of amides is 1. The summed E-state index contributed by atoms with van der Waals surface area (Å²) in [5.74, 6) is -0.0462. The average molecular weight is 335 g/mol. The molecule has 0 spiro atoms. The van der Waals surface area contributed by atoms with Crippen molar-refractivity contribution in [1.82, 2.24) is 9.97 Å². The van der Waals surface area contributed by atoms with Gasteiger partial charge >= 0.3 is 0 Å². The number of aromatic nitrogens is 2. The second-order valence-corrected chi connectivity index (χ2v) is 6.07. The number of benzene rings is 1. The molecule has 2 aromatic rings. The highest BCUT2D eigenvalue weighted by Gasteiger charge is 2.31. The summed E-state index contributed by atoms with van der Waals surface area (Å²) in [7, 11) is 0. The molecule has 1 aromatic heterocycles. The van der Waals surface area contributed by atoms with E-state index in [-0.39, 0.29) is 28.8 Å². The zero-order valence-corrected chi connectivity index (χ0v) is 13.3. The van der Waals surface area contributed by atoms with Crippen molar-refractivity contribution in [3.63, 3.8) is 0 Å². The number of anilines is 1. The smallest absolute Gasteiger partial charge is 0.267 e.